The Morgan fingerprint density at radius 2 is 2.30 bits per heavy atom. The summed E-state index contributed by atoms with van der Waals surface area (Å²) < 4.78 is 4.86. The van der Waals surface area contributed by atoms with Crippen molar-refractivity contribution in [2.45, 2.75) is 18.6 Å². The van der Waals surface area contributed by atoms with Gasteiger partial charge >= 0.3 is 5.97 Å². The van der Waals surface area contributed by atoms with Crippen LogP contribution in [0.2, 0.25) is 0 Å². The fourth-order valence-electron chi connectivity index (χ4n) is 1.22. The Morgan fingerprint density at radius 3 is 2.50 bits per heavy atom. The molecule has 2 aliphatic heterocycles. The van der Waals surface area contributed by atoms with Crippen LogP contribution in [0.15, 0.2) is 0 Å². The van der Waals surface area contributed by atoms with Gasteiger partial charge in [-0.1, -0.05) is 0 Å². The van der Waals surface area contributed by atoms with E-state index in [1.54, 1.807) is 0 Å². The van der Waals surface area contributed by atoms with Crippen molar-refractivity contribution in [3.63, 3.8) is 0 Å². The first-order valence-corrected chi connectivity index (χ1v) is 2.80. The highest BCUT2D eigenvalue weighted by molar-refractivity contribution is 5.85. The molecule has 10 heavy (non-hydrogen) atoms. The van der Waals surface area contributed by atoms with Crippen molar-refractivity contribution < 1.29 is 9.53 Å². The predicted molar refractivity (Wildman–Crippen MR) is 38.6 cm³/mol. The summed E-state index contributed by atoms with van der Waals surface area (Å²) in [7, 11) is 0. The van der Waals surface area contributed by atoms with Crippen LogP contribution in [0.3, 0.4) is 0 Å². The van der Waals surface area contributed by atoms with E-state index in [0.29, 0.717) is 0 Å². The average molecular weight is 167 g/mol. The molecule has 0 aromatic carbocycles. The van der Waals surface area contributed by atoms with Gasteiger partial charge in [0.05, 0.1) is 0 Å². The van der Waals surface area contributed by atoms with Gasteiger partial charge in [-0.15, -0.1) is 12.4 Å². The highest BCUT2D eigenvalue weighted by atomic mass is 35.5. The van der Waals surface area contributed by atoms with Crippen molar-refractivity contribution in [2.75, 3.05) is 6.54 Å². The van der Waals surface area contributed by atoms with Gasteiger partial charge < -0.3 is 16.2 Å². The smallest absolute Gasteiger partial charge is 0.323 e. The Bertz CT molecular complexity index is 142. The van der Waals surface area contributed by atoms with Crippen LogP contribution in [0.1, 0.15) is 6.42 Å². The lowest BCUT2D eigenvalue weighted by molar-refractivity contribution is -0.145. The molecule has 2 unspecified atom stereocenters. The standard InChI is InChI=1S/C5H7NO2.ClH.H3N/c7-5-4-1-3(8-5)2-6-4;;/h3-4,6H,1-2H2;1H;1H3. The van der Waals surface area contributed by atoms with Gasteiger partial charge in [0, 0.05) is 13.0 Å². The summed E-state index contributed by atoms with van der Waals surface area (Å²) in [5, 5.41) is 3.03. The number of hydrogen-bond donors (Lipinski definition) is 2. The summed E-state index contributed by atoms with van der Waals surface area (Å²) in [5.74, 6) is -0.0683. The lowest BCUT2D eigenvalue weighted by Crippen LogP contribution is -2.35. The number of hydrogen-bond acceptors (Lipinski definition) is 4. The molecule has 0 saturated carbocycles. The van der Waals surface area contributed by atoms with Crippen LogP contribution in [-0.4, -0.2) is 24.7 Å². The molecule has 0 aliphatic carbocycles. The molecule has 2 aliphatic rings. The van der Waals surface area contributed by atoms with Crippen molar-refractivity contribution in [3.8, 4) is 0 Å². The largest absolute Gasteiger partial charge is 0.460 e. The monoisotopic (exact) mass is 166 g/mol. The van der Waals surface area contributed by atoms with E-state index in [1.807, 2.05) is 0 Å². The van der Waals surface area contributed by atoms with Gasteiger partial charge in [0.25, 0.3) is 0 Å². The summed E-state index contributed by atoms with van der Waals surface area (Å²) in [5.41, 5.74) is 0. The van der Waals surface area contributed by atoms with Crippen molar-refractivity contribution in [1.82, 2.24) is 11.5 Å². The first-order chi connectivity index (χ1) is 3.86. The van der Waals surface area contributed by atoms with Gasteiger partial charge in [-0.25, -0.2) is 0 Å². The fourth-order valence-corrected chi connectivity index (χ4v) is 1.22. The number of halogens is 1. The highest BCUT2D eigenvalue weighted by Crippen LogP contribution is 2.19. The number of fused-ring (bicyclic) bond motifs is 2. The minimum absolute atomic E-state index is 0. The number of carbonyl (C=O) groups is 1. The number of rotatable bonds is 0. The maximum atomic E-state index is 10.6. The van der Waals surface area contributed by atoms with Gasteiger partial charge in [0.1, 0.15) is 12.1 Å². The maximum Gasteiger partial charge on any atom is 0.323 e. The molecule has 2 bridgehead atoms. The second-order valence-electron chi connectivity index (χ2n) is 2.26. The normalized spacial score (nSPS) is 34.2. The predicted octanol–water partition coefficient (Wildman–Crippen LogP) is -0.143. The van der Waals surface area contributed by atoms with Gasteiger partial charge in [0.2, 0.25) is 0 Å². The molecule has 60 valence electrons. The van der Waals surface area contributed by atoms with E-state index in [2.05, 4.69) is 5.32 Å². The molecule has 2 saturated heterocycles. The number of carbonyl (C=O) groups excluding carboxylic acids is 1. The van der Waals surface area contributed by atoms with E-state index in [9.17, 15) is 4.79 Å². The Morgan fingerprint density at radius 1 is 1.60 bits per heavy atom. The van der Waals surface area contributed by atoms with Crippen LogP contribution >= 0.6 is 12.4 Å². The first-order valence-electron chi connectivity index (χ1n) is 2.80. The van der Waals surface area contributed by atoms with E-state index in [4.69, 9.17) is 4.74 Å². The Kier molecular flexibility index (Phi) is 3.08. The van der Waals surface area contributed by atoms with Crippen molar-refractivity contribution in [3.05, 3.63) is 0 Å². The van der Waals surface area contributed by atoms with Crippen LogP contribution in [0.5, 0.6) is 0 Å². The first kappa shape index (κ1) is 9.68. The maximum absolute atomic E-state index is 10.6. The van der Waals surface area contributed by atoms with Crippen LogP contribution < -0.4 is 11.5 Å². The van der Waals surface area contributed by atoms with E-state index >= 15 is 0 Å². The van der Waals surface area contributed by atoms with E-state index in [-0.39, 0.29) is 36.7 Å². The van der Waals surface area contributed by atoms with E-state index in [1.165, 1.54) is 0 Å². The Hall–Kier alpha value is -0.320. The zero-order valence-corrected chi connectivity index (χ0v) is 6.32. The number of esters is 1. The number of nitrogens with one attached hydrogen (secondary N) is 1. The summed E-state index contributed by atoms with van der Waals surface area (Å²) in [6.07, 6.45) is 1.08. The molecule has 0 spiro atoms. The number of morpholine rings is 1. The van der Waals surface area contributed by atoms with Crippen LogP contribution in [0, 0.1) is 0 Å². The Balaban J connectivity index is 0.000000405. The van der Waals surface area contributed by atoms with Crippen molar-refractivity contribution in [1.29, 1.82) is 0 Å². The molecule has 2 heterocycles. The number of ether oxygens (including phenoxy) is 1. The SMILES string of the molecule is Cl.N.O=C1OC2CNC1C2. The quantitative estimate of drug-likeness (QED) is 0.492. The minimum atomic E-state index is -0.0683. The molecule has 5 heteroatoms. The zero-order valence-electron chi connectivity index (χ0n) is 5.50. The molecule has 2 atom stereocenters. The molecule has 2 fully saturated rings. The minimum Gasteiger partial charge on any atom is -0.460 e. The second kappa shape index (κ2) is 3.18. The molecule has 0 aromatic rings. The van der Waals surface area contributed by atoms with Gasteiger partial charge in [-0.3, -0.25) is 4.79 Å². The summed E-state index contributed by atoms with van der Waals surface area (Å²) in [4.78, 5) is 10.6. The van der Waals surface area contributed by atoms with E-state index in [0.717, 1.165) is 13.0 Å². The summed E-state index contributed by atoms with van der Waals surface area (Å²) in [6.45, 7) is 0.858. The third-order valence-corrected chi connectivity index (χ3v) is 1.66. The summed E-state index contributed by atoms with van der Waals surface area (Å²) >= 11 is 0. The second-order valence-corrected chi connectivity index (χ2v) is 2.26. The molecule has 4 nitrogen and oxygen atoms in total. The molecule has 4 N–H and O–H groups in total. The van der Waals surface area contributed by atoms with Crippen LogP contribution in [0.4, 0.5) is 0 Å². The molecule has 2 rings (SSSR count). The lowest BCUT2D eigenvalue weighted by Gasteiger charge is -2.09. The molecular weight excluding hydrogens is 156 g/mol. The fraction of sp³-hybridized carbons (Fsp3) is 0.800. The van der Waals surface area contributed by atoms with Gasteiger partial charge in [-0.2, -0.15) is 0 Å². The van der Waals surface area contributed by atoms with Crippen molar-refractivity contribution in [2.24, 2.45) is 0 Å². The highest BCUT2D eigenvalue weighted by Gasteiger charge is 2.39. The third-order valence-electron chi connectivity index (χ3n) is 1.66. The summed E-state index contributed by atoms with van der Waals surface area (Å²) in [6, 6.07) is 0.0278. The van der Waals surface area contributed by atoms with Crippen molar-refractivity contribution >= 4 is 18.4 Å². The molecule has 0 aromatic heterocycles. The van der Waals surface area contributed by atoms with E-state index < -0.39 is 0 Å². The molecule has 0 amide bonds. The van der Waals surface area contributed by atoms with Crippen LogP contribution in [-0.2, 0) is 9.53 Å². The molecule has 0 radical (unpaired) electrons. The molecular formula is C5H11ClN2O2. The van der Waals surface area contributed by atoms with Gasteiger partial charge in [-0.05, 0) is 0 Å². The lowest BCUT2D eigenvalue weighted by atomic mass is 10.2. The average Bonchev–Trinajstić information content (AvgIpc) is 2.23. The topological polar surface area (TPSA) is 73.3 Å². The third kappa shape index (κ3) is 1.23. The Labute approximate surface area is 65.3 Å². The van der Waals surface area contributed by atoms with Crippen LogP contribution in [0.25, 0.3) is 0 Å². The van der Waals surface area contributed by atoms with Gasteiger partial charge in [0.15, 0.2) is 0 Å². The zero-order chi connectivity index (χ0) is 5.56.